The van der Waals surface area contributed by atoms with Crippen molar-refractivity contribution < 1.29 is 13.6 Å². The van der Waals surface area contributed by atoms with E-state index < -0.39 is 15.2 Å². The van der Waals surface area contributed by atoms with E-state index in [1.807, 2.05) is 0 Å². The van der Waals surface area contributed by atoms with E-state index in [-0.39, 0.29) is 5.84 Å². The van der Waals surface area contributed by atoms with Gasteiger partial charge in [-0.2, -0.15) is 11.8 Å². The van der Waals surface area contributed by atoms with Crippen LogP contribution in [0.4, 0.5) is 5.82 Å². The highest BCUT2D eigenvalue weighted by atomic mass is 32.2. The number of sulfone groups is 1. The summed E-state index contributed by atoms with van der Waals surface area (Å²) in [7, 11) is -3.25. The van der Waals surface area contributed by atoms with Crippen LogP contribution in [-0.4, -0.2) is 54.1 Å². The molecule has 1 aromatic rings. The smallest absolute Gasteiger partial charge is 0.173 e. The minimum Gasteiger partial charge on any atom is -0.409 e. The fraction of sp³-hybridized carbons (Fsp3) is 0.455. The van der Waals surface area contributed by atoms with E-state index in [1.165, 1.54) is 6.26 Å². The minimum absolute atomic E-state index is 0.0847. The number of thioether (sulfide) groups is 1. The van der Waals surface area contributed by atoms with Crippen LogP contribution in [0, 0.1) is 0 Å². The minimum atomic E-state index is -3.25. The molecule has 1 saturated heterocycles. The van der Waals surface area contributed by atoms with Crippen LogP contribution in [0.3, 0.4) is 0 Å². The van der Waals surface area contributed by atoms with Crippen molar-refractivity contribution in [2.24, 2.45) is 10.9 Å². The van der Waals surface area contributed by atoms with Crippen molar-refractivity contribution in [1.82, 2.24) is 4.98 Å². The number of oxime groups is 1. The van der Waals surface area contributed by atoms with Crippen molar-refractivity contribution in [2.45, 2.75) is 5.37 Å². The van der Waals surface area contributed by atoms with Crippen molar-refractivity contribution >= 4 is 33.3 Å². The Kier molecular flexibility index (Phi) is 4.39. The first kappa shape index (κ1) is 14.9. The second-order valence-electron chi connectivity index (χ2n) is 4.41. The van der Waals surface area contributed by atoms with Crippen LogP contribution in [0.25, 0.3) is 0 Å². The van der Waals surface area contributed by atoms with E-state index in [9.17, 15) is 8.42 Å². The van der Waals surface area contributed by atoms with Crippen molar-refractivity contribution in [3.8, 4) is 0 Å². The molecule has 110 valence electrons. The molecule has 1 aromatic heterocycles. The van der Waals surface area contributed by atoms with E-state index in [4.69, 9.17) is 10.9 Å². The normalized spacial score (nSPS) is 20.9. The first-order valence-corrected chi connectivity index (χ1v) is 9.02. The number of anilines is 1. The molecule has 2 rings (SSSR count). The molecule has 7 nitrogen and oxygen atoms in total. The summed E-state index contributed by atoms with van der Waals surface area (Å²) in [5.74, 6) is 1.63. The van der Waals surface area contributed by atoms with E-state index in [0.717, 1.165) is 5.75 Å². The lowest BCUT2D eigenvalue weighted by molar-refractivity contribution is 0.318. The van der Waals surface area contributed by atoms with Gasteiger partial charge < -0.3 is 15.8 Å². The molecule has 0 spiro atoms. The summed E-state index contributed by atoms with van der Waals surface area (Å²) in [5.41, 5.74) is 6.06. The van der Waals surface area contributed by atoms with Gasteiger partial charge in [-0.25, -0.2) is 13.4 Å². The number of nitrogens with zero attached hydrogens (tertiary/aromatic N) is 3. The third-order valence-electron chi connectivity index (χ3n) is 3.02. The molecule has 20 heavy (non-hydrogen) atoms. The van der Waals surface area contributed by atoms with Crippen molar-refractivity contribution in [3.63, 3.8) is 0 Å². The van der Waals surface area contributed by atoms with Crippen molar-refractivity contribution in [3.05, 3.63) is 23.9 Å². The fourth-order valence-electron chi connectivity index (χ4n) is 2.06. The number of hydrogen-bond acceptors (Lipinski definition) is 7. The standard InChI is InChI=1S/C11H16N4O3S2/c1-20(17,18)9-7-19-6-5-15(9)11-8(10(12)14-16)3-2-4-13-11/h2-4,9,16H,5-7H2,1H3,(H2,12,14). The van der Waals surface area contributed by atoms with Crippen LogP contribution in [-0.2, 0) is 9.84 Å². The molecule has 1 unspecified atom stereocenters. The Bertz CT molecular complexity index is 618. The van der Waals surface area contributed by atoms with Gasteiger partial charge in [-0.15, -0.1) is 0 Å². The summed E-state index contributed by atoms with van der Waals surface area (Å²) in [6.45, 7) is 0.547. The average molecular weight is 316 g/mol. The number of hydrogen-bond donors (Lipinski definition) is 2. The second kappa shape index (κ2) is 5.88. The van der Waals surface area contributed by atoms with Crippen LogP contribution in [0.2, 0.25) is 0 Å². The van der Waals surface area contributed by atoms with Gasteiger partial charge in [0.25, 0.3) is 0 Å². The third-order valence-corrected chi connectivity index (χ3v) is 5.66. The summed E-state index contributed by atoms with van der Waals surface area (Å²) in [5, 5.41) is 11.2. The van der Waals surface area contributed by atoms with Crippen molar-refractivity contribution in [1.29, 1.82) is 0 Å². The molecule has 0 aliphatic carbocycles. The summed E-state index contributed by atoms with van der Waals surface area (Å²) < 4.78 is 23.9. The van der Waals surface area contributed by atoms with Crippen LogP contribution >= 0.6 is 11.8 Å². The Morgan fingerprint density at radius 1 is 1.65 bits per heavy atom. The first-order valence-electron chi connectivity index (χ1n) is 5.91. The Morgan fingerprint density at radius 3 is 3.05 bits per heavy atom. The van der Waals surface area contributed by atoms with E-state index in [2.05, 4.69) is 10.1 Å². The van der Waals surface area contributed by atoms with Crippen LogP contribution in [0.1, 0.15) is 5.56 Å². The molecule has 0 bridgehead atoms. The highest BCUT2D eigenvalue weighted by Crippen LogP contribution is 2.27. The SMILES string of the molecule is CS(=O)(=O)C1CSCCN1c1ncccc1C(N)=NO. The highest BCUT2D eigenvalue weighted by Gasteiger charge is 2.33. The predicted octanol–water partition coefficient (Wildman–Crippen LogP) is 0.1000. The third kappa shape index (κ3) is 2.98. The topological polar surface area (TPSA) is 109 Å². The van der Waals surface area contributed by atoms with Gasteiger partial charge in [-0.3, -0.25) is 0 Å². The average Bonchev–Trinajstić information content (AvgIpc) is 2.45. The monoisotopic (exact) mass is 316 g/mol. The van der Waals surface area contributed by atoms with Crippen LogP contribution < -0.4 is 10.6 Å². The number of aromatic nitrogens is 1. The highest BCUT2D eigenvalue weighted by molar-refractivity contribution is 8.01. The largest absolute Gasteiger partial charge is 0.409 e. The maximum Gasteiger partial charge on any atom is 0.173 e. The molecule has 0 aromatic carbocycles. The van der Waals surface area contributed by atoms with Gasteiger partial charge in [-0.05, 0) is 12.1 Å². The first-order chi connectivity index (χ1) is 9.45. The van der Waals surface area contributed by atoms with Gasteiger partial charge in [-0.1, -0.05) is 5.16 Å². The lowest BCUT2D eigenvalue weighted by Crippen LogP contribution is -2.48. The lowest BCUT2D eigenvalue weighted by Gasteiger charge is -2.35. The molecule has 1 aliphatic rings. The summed E-state index contributed by atoms with van der Waals surface area (Å²) in [6.07, 6.45) is 2.77. The predicted molar refractivity (Wildman–Crippen MR) is 80.1 cm³/mol. The maximum atomic E-state index is 11.9. The molecule has 2 heterocycles. The molecule has 1 fully saturated rings. The number of amidine groups is 1. The van der Waals surface area contributed by atoms with E-state index >= 15 is 0 Å². The van der Waals surface area contributed by atoms with Crippen LogP contribution in [0.15, 0.2) is 23.5 Å². The van der Waals surface area contributed by atoms with Gasteiger partial charge in [0, 0.05) is 30.5 Å². The van der Waals surface area contributed by atoms with Crippen molar-refractivity contribution in [2.75, 3.05) is 29.2 Å². The van der Waals surface area contributed by atoms with E-state index in [1.54, 1.807) is 35.0 Å². The Hall–Kier alpha value is -1.48. The van der Waals surface area contributed by atoms with E-state index in [0.29, 0.717) is 23.7 Å². The Labute approximate surface area is 121 Å². The zero-order chi connectivity index (χ0) is 14.8. The second-order valence-corrected chi connectivity index (χ2v) is 7.77. The molecule has 0 amide bonds. The molecular formula is C11H16N4O3S2. The summed E-state index contributed by atoms with van der Waals surface area (Å²) >= 11 is 1.59. The molecule has 1 atom stereocenters. The quantitative estimate of drug-likeness (QED) is 0.352. The molecular weight excluding hydrogens is 300 g/mol. The number of rotatable bonds is 3. The molecule has 9 heteroatoms. The Balaban J connectivity index is 2.49. The van der Waals surface area contributed by atoms with Gasteiger partial charge >= 0.3 is 0 Å². The fourth-order valence-corrected chi connectivity index (χ4v) is 4.88. The zero-order valence-corrected chi connectivity index (χ0v) is 12.6. The summed E-state index contributed by atoms with van der Waals surface area (Å²) in [4.78, 5) is 5.92. The maximum absolute atomic E-state index is 11.9. The van der Waals surface area contributed by atoms with Gasteiger partial charge in [0.05, 0.1) is 5.56 Å². The van der Waals surface area contributed by atoms with Crippen LogP contribution in [0.5, 0.6) is 0 Å². The van der Waals surface area contributed by atoms with Gasteiger partial charge in [0.1, 0.15) is 11.2 Å². The molecule has 1 aliphatic heterocycles. The molecule has 0 radical (unpaired) electrons. The Morgan fingerprint density at radius 2 is 2.40 bits per heavy atom. The summed E-state index contributed by atoms with van der Waals surface area (Å²) in [6, 6.07) is 3.31. The van der Waals surface area contributed by atoms with Gasteiger partial charge in [0.15, 0.2) is 15.7 Å². The molecule has 3 N–H and O–H groups in total. The van der Waals surface area contributed by atoms with Gasteiger partial charge in [0.2, 0.25) is 0 Å². The number of nitrogens with two attached hydrogens (primary N) is 1. The number of pyridine rings is 1. The lowest BCUT2D eigenvalue weighted by atomic mass is 10.2. The molecule has 0 saturated carbocycles. The zero-order valence-electron chi connectivity index (χ0n) is 10.9.